The van der Waals surface area contributed by atoms with E-state index in [-0.39, 0.29) is 28.6 Å². The average molecular weight is 392 g/mol. The van der Waals surface area contributed by atoms with E-state index in [0.717, 1.165) is 12.1 Å². The molecule has 4 nitrogen and oxygen atoms in total. The highest BCUT2D eigenvalue weighted by molar-refractivity contribution is 6.18. The summed E-state index contributed by atoms with van der Waals surface area (Å²) in [5.41, 5.74) is -0.262. The normalized spacial score (nSPS) is 17.0. The van der Waals surface area contributed by atoms with Crippen molar-refractivity contribution in [3.63, 3.8) is 0 Å². The van der Waals surface area contributed by atoms with Gasteiger partial charge in [-0.3, -0.25) is 10.0 Å². The lowest BCUT2D eigenvalue weighted by Crippen LogP contribution is -2.46. The van der Waals surface area contributed by atoms with Gasteiger partial charge >= 0.3 is 6.18 Å². The third-order valence-electron chi connectivity index (χ3n) is 4.46. The smallest absolute Gasteiger partial charge is 0.294 e. The lowest BCUT2D eigenvalue weighted by atomic mass is 9.98. The molecule has 1 atom stereocenters. The predicted octanol–water partition coefficient (Wildman–Crippen LogP) is 4.70. The zero-order chi connectivity index (χ0) is 20.6. The second kappa shape index (κ2) is 7.35. The molecule has 0 radical (unpaired) electrons. The molecular weight excluding hydrogens is 372 g/mol. The number of amidine groups is 1. The van der Waals surface area contributed by atoms with Gasteiger partial charge in [-0.25, -0.2) is 15.2 Å². The molecule has 1 unspecified atom stereocenters. The highest BCUT2D eigenvalue weighted by Gasteiger charge is 2.33. The maximum absolute atomic E-state index is 14.5. The fourth-order valence-electron chi connectivity index (χ4n) is 2.94. The van der Waals surface area contributed by atoms with E-state index in [9.17, 15) is 17.6 Å². The van der Waals surface area contributed by atoms with Crippen LogP contribution in [0.5, 0.6) is 0 Å². The highest BCUT2D eigenvalue weighted by Crippen LogP contribution is 2.35. The molecule has 0 spiro atoms. The summed E-state index contributed by atoms with van der Waals surface area (Å²) in [6.07, 6.45) is -4.54. The van der Waals surface area contributed by atoms with E-state index in [0.29, 0.717) is 5.84 Å². The maximum atomic E-state index is 14.5. The average Bonchev–Trinajstić information content (AvgIpc) is 2.77. The Bertz CT molecular complexity index is 947. The van der Waals surface area contributed by atoms with Crippen molar-refractivity contribution < 1.29 is 17.6 Å². The molecule has 1 aliphatic heterocycles. The zero-order valence-electron chi connectivity index (χ0n) is 15.6. The number of fused-ring (bicyclic) bond motifs is 1. The first-order valence-corrected chi connectivity index (χ1v) is 8.76. The van der Waals surface area contributed by atoms with Crippen LogP contribution in [0.1, 0.15) is 37.5 Å². The molecule has 1 aliphatic rings. The van der Waals surface area contributed by atoms with Gasteiger partial charge in [0.1, 0.15) is 17.7 Å². The number of nitrogens with two attached hydrogens (primary N) is 1. The molecule has 2 aromatic rings. The van der Waals surface area contributed by atoms with Crippen molar-refractivity contribution in [3.05, 3.63) is 65.0 Å². The summed E-state index contributed by atoms with van der Waals surface area (Å²) in [5, 5.41) is 1.42. The fraction of sp³-hybridized carbons (Fsp3) is 0.300. The fourth-order valence-corrected chi connectivity index (χ4v) is 2.94. The number of hydrogen-bond donors (Lipinski definition) is 1. The Morgan fingerprint density at radius 2 is 1.75 bits per heavy atom. The van der Waals surface area contributed by atoms with Crippen LogP contribution < -0.4 is 5.84 Å². The zero-order valence-corrected chi connectivity index (χ0v) is 15.6. The molecule has 0 bridgehead atoms. The Morgan fingerprint density at radius 1 is 1.07 bits per heavy atom. The van der Waals surface area contributed by atoms with Gasteiger partial charge in [-0.05, 0) is 51.1 Å². The number of benzene rings is 2. The lowest BCUT2D eigenvalue weighted by molar-refractivity contribution is -0.137. The van der Waals surface area contributed by atoms with Crippen molar-refractivity contribution in [2.45, 2.75) is 39.0 Å². The Labute approximate surface area is 160 Å². The van der Waals surface area contributed by atoms with Gasteiger partial charge in [0.05, 0.1) is 17.0 Å². The summed E-state index contributed by atoms with van der Waals surface area (Å²) in [5.74, 6) is 5.92. The molecule has 148 valence electrons. The molecule has 0 saturated carbocycles. The van der Waals surface area contributed by atoms with Crippen LogP contribution in [0, 0.1) is 5.82 Å². The summed E-state index contributed by atoms with van der Waals surface area (Å²) in [6.45, 7) is 5.43. The van der Waals surface area contributed by atoms with E-state index in [4.69, 9.17) is 5.84 Å². The van der Waals surface area contributed by atoms with Crippen LogP contribution in [-0.4, -0.2) is 28.6 Å². The molecule has 1 heterocycles. The van der Waals surface area contributed by atoms with E-state index in [1.54, 1.807) is 13.0 Å². The van der Waals surface area contributed by atoms with E-state index in [1.165, 1.54) is 29.3 Å². The molecule has 2 N–H and O–H groups in total. The molecule has 0 saturated heterocycles. The highest BCUT2D eigenvalue weighted by atomic mass is 19.4. The van der Waals surface area contributed by atoms with Crippen LogP contribution in [0.15, 0.2) is 52.4 Å². The Morgan fingerprint density at radius 3 is 2.36 bits per heavy atom. The molecule has 2 aromatic carbocycles. The molecular formula is C20H20F4N4. The van der Waals surface area contributed by atoms with Crippen LogP contribution in [0.3, 0.4) is 0 Å². The molecule has 0 aliphatic carbocycles. The van der Waals surface area contributed by atoms with Crippen molar-refractivity contribution >= 4 is 17.2 Å². The molecule has 0 amide bonds. The maximum Gasteiger partial charge on any atom is 0.416 e. The van der Waals surface area contributed by atoms with Crippen molar-refractivity contribution in [2.24, 2.45) is 15.8 Å². The molecule has 28 heavy (non-hydrogen) atoms. The number of rotatable bonds is 2. The quantitative estimate of drug-likeness (QED) is 0.458. The number of hydrazine groups is 1. The van der Waals surface area contributed by atoms with Crippen molar-refractivity contribution in [2.75, 3.05) is 0 Å². The van der Waals surface area contributed by atoms with Gasteiger partial charge in [0.2, 0.25) is 0 Å². The Balaban J connectivity index is 2.28. The number of alkyl halides is 3. The summed E-state index contributed by atoms with van der Waals surface area (Å²) in [4.78, 5) is 9.00. The summed E-state index contributed by atoms with van der Waals surface area (Å²) in [7, 11) is 0. The standard InChI is InChI=1S/C20H20F4N4/c1-11(2)28(25)19-12(3)26-18(14-6-4-5-7-16(14)21)15-10-13(20(22,23)24)8-9-17(15)27-19/h4-12H,25H2,1-3H3. The van der Waals surface area contributed by atoms with Gasteiger partial charge in [-0.2, -0.15) is 13.2 Å². The third-order valence-corrected chi connectivity index (χ3v) is 4.46. The SMILES string of the molecule is CC1N=C(c2ccccc2F)c2cc(C(F)(F)F)ccc2N=C1N(N)C(C)C. The largest absolute Gasteiger partial charge is 0.416 e. The van der Waals surface area contributed by atoms with Gasteiger partial charge in [0, 0.05) is 17.2 Å². The van der Waals surface area contributed by atoms with Crippen molar-refractivity contribution in [3.8, 4) is 0 Å². The van der Waals surface area contributed by atoms with Crippen molar-refractivity contribution in [1.82, 2.24) is 5.01 Å². The molecule has 8 heteroatoms. The minimum atomic E-state index is -4.54. The van der Waals surface area contributed by atoms with Crippen LogP contribution in [0.2, 0.25) is 0 Å². The van der Waals surface area contributed by atoms with E-state index in [2.05, 4.69) is 9.98 Å². The number of halogens is 4. The van der Waals surface area contributed by atoms with Crippen LogP contribution in [0.25, 0.3) is 0 Å². The Kier molecular flexibility index (Phi) is 5.25. The van der Waals surface area contributed by atoms with E-state index in [1.807, 2.05) is 13.8 Å². The number of aliphatic imine (C=N–C) groups is 2. The number of nitrogens with zero attached hydrogens (tertiary/aromatic N) is 3. The van der Waals surface area contributed by atoms with Crippen LogP contribution in [0.4, 0.5) is 23.2 Å². The second-order valence-electron chi connectivity index (χ2n) is 6.83. The monoisotopic (exact) mass is 392 g/mol. The van der Waals surface area contributed by atoms with Gasteiger partial charge in [0.15, 0.2) is 0 Å². The topological polar surface area (TPSA) is 54.0 Å². The summed E-state index contributed by atoms with van der Waals surface area (Å²) >= 11 is 0. The second-order valence-corrected chi connectivity index (χ2v) is 6.83. The Hall–Kier alpha value is -2.74. The number of hydrogen-bond acceptors (Lipinski definition) is 4. The van der Waals surface area contributed by atoms with Gasteiger partial charge in [-0.1, -0.05) is 12.1 Å². The first-order valence-electron chi connectivity index (χ1n) is 8.76. The molecule has 0 aromatic heterocycles. The van der Waals surface area contributed by atoms with E-state index >= 15 is 0 Å². The van der Waals surface area contributed by atoms with Crippen LogP contribution in [-0.2, 0) is 6.18 Å². The summed E-state index contributed by atoms with van der Waals surface area (Å²) < 4.78 is 54.3. The third kappa shape index (κ3) is 3.77. The minimum absolute atomic E-state index is 0.107. The lowest BCUT2D eigenvalue weighted by Gasteiger charge is -2.26. The first-order chi connectivity index (χ1) is 13.1. The molecule has 0 fully saturated rings. The minimum Gasteiger partial charge on any atom is -0.294 e. The molecule has 3 rings (SSSR count). The first kappa shape index (κ1) is 20.0. The van der Waals surface area contributed by atoms with Gasteiger partial charge in [-0.15, -0.1) is 0 Å². The van der Waals surface area contributed by atoms with Gasteiger partial charge < -0.3 is 0 Å². The van der Waals surface area contributed by atoms with Gasteiger partial charge in [0.25, 0.3) is 0 Å². The van der Waals surface area contributed by atoms with E-state index < -0.39 is 23.6 Å². The van der Waals surface area contributed by atoms with Crippen LogP contribution >= 0.6 is 0 Å². The summed E-state index contributed by atoms with van der Waals surface area (Å²) in [6, 6.07) is 8.32. The van der Waals surface area contributed by atoms with Crippen molar-refractivity contribution in [1.29, 1.82) is 0 Å². The predicted molar refractivity (Wildman–Crippen MR) is 101 cm³/mol.